The Hall–Kier alpha value is -1.31. The zero-order chi connectivity index (χ0) is 17.3. The normalized spacial score (nSPS) is 25.2. The van der Waals surface area contributed by atoms with Crippen molar-refractivity contribution in [3.63, 3.8) is 0 Å². The van der Waals surface area contributed by atoms with E-state index in [-0.39, 0.29) is 11.4 Å². The standard InChI is InChI=1S/C21H32O2/c1-7-21(13-9-8-10-16(21)3)18-14-17(12-11-15(18)2)23-19(22)20(4,5)6/h11-12,14,16H,7-10,13H2,1-6H3. The van der Waals surface area contributed by atoms with Gasteiger partial charge in [-0.15, -0.1) is 0 Å². The van der Waals surface area contributed by atoms with Crippen molar-refractivity contribution in [2.45, 2.75) is 79.1 Å². The maximum atomic E-state index is 12.2. The molecule has 0 saturated heterocycles. The molecule has 2 heteroatoms. The van der Waals surface area contributed by atoms with Crippen LogP contribution in [0.3, 0.4) is 0 Å². The first-order valence-corrected chi connectivity index (χ1v) is 9.04. The number of benzene rings is 1. The summed E-state index contributed by atoms with van der Waals surface area (Å²) in [7, 11) is 0. The SMILES string of the molecule is CCC1(c2cc(OC(=O)C(C)(C)C)ccc2C)CCCCC1C. The number of hydrogen-bond acceptors (Lipinski definition) is 2. The molecule has 0 spiro atoms. The van der Waals surface area contributed by atoms with Crippen LogP contribution in [0.1, 0.15) is 77.8 Å². The molecule has 2 atom stereocenters. The molecule has 1 aromatic rings. The molecular formula is C21H32O2. The summed E-state index contributed by atoms with van der Waals surface area (Å²) in [4.78, 5) is 12.2. The third kappa shape index (κ3) is 3.62. The molecule has 2 nitrogen and oxygen atoms in total. The van der Waals surface area contributed by atoms with Crippen molar-refractivity contribution in [2.75, 3.05) is 0 Å². The lowest BCUT2D eigenvalue weighted by atomic mass is 9.61. The van der Waals surface area contributed by atoms with E-state index >= 15 is 0 Å². The van der Waals surface area contributed by atoms with Crippen LogP contribution >= 0.6 is 0 Å². The monoisotopic (exact) mass is 316 g/mol. The summed E-state index contributed by atoms with van der Waals surface area (Å²) in [5.41, 5.74) is 2.44. The Morgan fingerprint density at radius 1 is 1.30 bits per heavy atom. The number of aryl methyl sites for hydroxylation is 1. The van der Waals surface area contributed by atoms with Gasteiger partial charge in [0.2, 0.25) is 0 Å². The minimum absolute atomic E-state index is 0.172. The predicted molar refractivity (Wildman–Crippen MR) is 95.9 cm³/mol. The van der Waals surface area contributed by atoms with Gasteiger partial charge in [-0.05, 0) is 81.5 Å². The van der Waals surface area contributed by atoms with Crippen molar-refractivity contribution in [3.05, 3.63) is 29.3 Å². The number of ether oxygens (including phenoxy) is 1. The van der Waals surface area contributed by atoms with Crippen molar-refractivity contribution < 1.29 is 9.53 Å². The Balaban J connectivity index is 2.38. The fourth-order valence-electron chi connectivity index (χ4n) is 3.99. The molecular weight excluding hydrogens is 284 g/mol. The molecule has 2 rings (SSSR count). The average Bonchev–Trinajstić information content (AvgIpc) is 2.49. The third-order valence-corrected chi connectivity index (χ3v) is 5.65. The van der Waals surface area contributed by atoms with Gasteiger partial charge in [-0.1, -0.05) is 32.8 Å². The lowest BCUT2D eigenvalue weighted by molar-refractivity contribution is -0.143. The quantitative estimate of drug-likeness (QED) is 0.520. The molecule has 0 bridgehead atoms. The molecule has 128 valence electrons. The van der Waals surface area contributed by atoms with E-state index in [1.54, 1.807) is 0 Å². The van der Waals surface area contributed by atoms with Gasteiger partial charge in [0, 0.05) is 0 Å². The Kier molecular flexibility index (Phi) is 5.23. The van der Waals surface area contributed by atoms with Crippen LogP contribution in [0.4, 0.5) is 0 Å². The number of esters is 1. The molecule has 1 aliphatic carbocycles. The van der Waals surface area contributed by atoms with E-state index in [2.05, 4.69) is 32.9 Å². The summed E-state index contributed by atoms with van der Waals surface area (Å²) in [6, 6.07) is 6.17. The molecule has 1 fully saturated rings. The van der Waals surface area contributed by atoms with Crippen LogP contribution in [0, 0.1) is 18.3 Å². The van der Waals surface area contributed by atoms with Crippen LogP contribution < -0.4 is 4.74 Å². The number of hydrogen-bond donors (Lipinski definition) is 0. The van der Waals surface area contributed by atoms with E-state index in [0.29, 0.717) is 11.7 Å². The topological polar surface area (TPSA) is 26.3 Å². The van der Waals surface area contributed by atoms with Crippen LogP contribution in [0.25, 0.3) is 0 Å². The van der Waals surface area contributed by atoms with Crippen molar-refractivity contribution in [2.24, 2.45) is 11.3 Å². The van der Waals surface area contributed by atoms with Crippen molar-refractivity contribution in [1.29, 1.82) is 0 Å². The van der Waals surface area contributed by atoms with E-state index in [1.807, 2.05) is 26.8 Å². The van der Waals surface area contributed by atoms with E-state index < -0.39 is 5.41 Å². The molecule has 0 aromatic heterocycles. The molecule has 23 heavy (non-hydrogen) atoms. The minimum atomic E-state index is -0.481. The van der Waals surface area contributed by atoms with Gasteiger partial charge in [-0.2, -0.15) is 0 Å². The Bertz CT molecular complexity index is 568. The summed E-state index contributed by atoms with van der Waals surface area (Å²) in [6.45, 7) is 12.5. The predicted octanol–water partition coefficient (Wildman–Crippen LogP) is 5.80. The van der Waals surface area contributed by atoms with E-state index in [4.69, 9.17) is 4.74 Å². The number of carbonyl (C=O) groups excluding carboxylic acids is 1. The smallest absolute Gasteiger partial charge is 0.316 e. The van der Waals surface area contributed by atoms with Crippen LogP contribution in [0.5, 0.6) is 5.75 Å². The lowest BCUT2D eigenvalue weighted by Gasteiger charge is -2.44. The van der Waals surface area contributed by atoms with Gasteiger partial charge in [0.05, 0.1) is 5.41 Å². The first-order chi connectivity index (χ1) is 10.7. The van der Waals surface area contributed by atoms with Crippen LogP contribution in [0.2, 0.25) is 0 Å². The van der Waals surface area contributed by atoms with Crippen LogP contribution in [-0.2, 0) is 10.2 Å². The van der Waals surface area contributed by atoms with Gasteiger partial charge in [0.25, 0.3) is 0 Å². The fraction of sp³-hybridized carbons (Fsp3) is 0.667. The highest BCUT2D eigenvalue weighted by Gasteiger charge is 2.39. The maximum Gasteiger partial charge on any atom is 0.316 e. The summed E-state index contributed by atoms with van der Waals surface area (Å²) in [6.07, 6.45) is 6.30. The van der Waals surface area contributed by atoms with Gasteiger partial charge in [0.1, 0.15) is 5.75 Å². The zero-order valence-electron chi connectivity index (χ0n) is 15.7. The highest BCUT2D eigenvalue weighted by Crippen LogP contribution is 2.47. The van der Waals surface area contributed by atoms with Gasteiger partial charge < -0.3 is 4.74 Å². The highest BCUT2D eigenvalue weighted by molar-refractivity contribution is 5.77. The summed E-state index contributed by atoms with van der Waals surface area (Å²) >= 11 is 0. The summed E-state index contributed by atoms with van der Waals surface area (Å²) < 4.78 is 5.65. The highest BCUT2D eigenvalue weighted by atomic mass is 16.5. The zero-order valence-corrected chi connectivity index (χ0v) is 15.7. The first kappa shape index (κ1) is 18.0. The third-order valence-electron chi connectivity index (χ3n) is 5.65. The van der Waals surface area contributed by atoms with Crippen molar-refractivity contribution in [3.8, 4) is 5.75 Å². The van der Waals surface area contributed by atoms with Crippen LogP contribution in [-0.4, -0.2) is 5.97 Å². The largest absolute Gasteiger partial charge is 0.426 e. The van der Waals surface area contributed by atoms with Gasteiger partial charge in [0.15, 0.2) is 0 Å². The molecule has 1 aromatic carbocycles. The molecule has 0 amide bonds. The second kappa shape index (κ2) is 6.67. The number of rotatable bonds is 3. The molecule has 2 unspecified atom stereocenters. The van der Waals surface area contributed by atoms with E-state index in [9.17, 15) is 4.79 Å². The number of carbonyl (C=O) groups is 1. The summed E-state index contributed by atoms with van der Waals surface area (Å²) in [5, 5.41) is 0. The van der Waals surface area contributed by atoms with Crippen LogP contribution in [0.15, 0.2) is 18.2 Å². The lowest BCUT2D eigenvalue weighted by Crippen LogP contribution is -2.36. The van der Waals surface area contributed by atoms with Gasteiger partial charge in [-0.3, -0.25) is 4.79 Å². The maximum absolute atomic E-state index is 12.2. The fourth-order valence-corrected chi connectivity index (χ4v) is 3.99. The molecule has 0 N–H and O–H groups in total. The molecule has 0 radical (unpaired) electrons. The minimum Gasteiger partial charge on any atom is -0.426 e. The second-order valence-corrected chi connectivity index (χ2v) is 8.27. The second-order valence-electron chi connectivity index (χ2n) is 8.27. The Morgan fingerprint density at radius 2 is 2.00 bits per heavy atom. The van der Waals surface area contributed by atoms with Crippen molar-refractivity contribution >= 4 is 5.97 Å². The van der Waals surface area contributed by atoms with E-state index in [1.165, 1.54) is 36.8 Å². The van der Waals surface area contributed by atoms with Crippen molar-refractivity contribution in [1.82, 2.24) is 0 Å². The summed E-state index contributed by atoms with van der Waals surface area (Å²) in [5.74, 6) is 1.19. The Morgan fingerprint density at radius 3 is 2.57 bits per heavy atom. The molecule has 0 heterocycles. The van der Waals surface area contributed by atoms with Gasteiger partial charge >= 0.3 is 5.97 Å². The molecule has 1 aliphatic rings. The van der Waals surface area contributed by atoms with E-state index in [0.717, 1.165) is 6.42 Å². The molecule has 0 aliphatic heterocycles. The molecule has 1 saturated carbocycles. The first-order valence-electron chi connectivity index (χ1n) is 9.04. The Labute approximate surface area is 141 Å². The van der Waals surface area contributed by atoms with Gasteiger partial charge in [-0.25, -0.2) is 0 Å². The average molecular weight is 316 g/mol.